The molecule has 4 nitrogen and oxygen atoms in total. The number of hydrogen-bond acceptors (Lipinski definition) is 3. The predicted octanol–water partition coefficient (Wildman–Crippen LogP) is 2.45. The van der Waals surface area contributed by atoms with E-state index in [9.17, 15) is 4.79 Å². The number of likely N-dealkylation sites (tertiary alicyclic amines) is 1. The Kier molecular flexibility index (Phi) is 5.41. The van der Waals surface area contributed by atoms with Gasteiger partial charge in [0.2, 0.25) is 5.91 Å². The second-order valence-corrected chi connectivity index (χ2v) is 5.33. The summed E-state index contributed by atoms with van der Waals surface area (Å²) in [5.41, 5.74) is 7.81. The molecule has 0 saturated carbocycles. The normalized spacial score (nSPS) is 16.7. The molecule has 0 aliphatic carbocycles. The smallest absolute Gasteiger partial charge is 0.222 e. The summed E-state index contributed by atoms with van der Waals surface area (Å²) in [5.74, 6) is 1.09. The number of amides is 1. The van der Waals surface area contributed by atoms with Gasteiger partial charge in [0.05, 0.1) is 7.11 Å². The van der Waals surface area contributed by atoms with E-state index in [1.807, 2.05) is 23.1 Å². The first-order chi connectivity index (χ1) is 9.74. The minimum atomic E-state index is 0.255. The molecular weight excluding hydrogens is 252 g/mol. The van der Waals surface area contributed by atoms with Crippen molar-refractivity contribution in [3.8, 4) is 5.75 Å². The van der Waals surface area contributed by atoms with Gasteiger partial charge >= 0.3 is 0 Å². The van der Waals surface area contributed by atoms with Crippen LogP contribution in [0.4, 0.5) is 0 Å². The van der Waals surface area contributed by atoms with Crippen molar-refractivity contribution in [3.05, 3.63) is 29.3 Å². The molecule has 0 bridgehead atoms. The summed E-state index contributed by atoms with van der Waals surface area (Å²) >= 11 is 0. The van der Waals surface area contributed by atoms with Crippen LogP contribution in [-0.4, -0.2) is 24.5 Å². The number of nitrogens with zero attached hydrogens (tertiary/aromatic N) is 1. The van der Waals surface area contributed by atoms with Crippen LogP contribution in [0.3, 0.4) is 0 Å². The van der Waals surface area contributed by atoms with Crippen molar-refractivity contribution in [1.82, 2.24) is 4.90 Å². The maximum absolute atomic E-state index is 12.2. The molecule has 1 fully saturated rings. The third kappa shape index (κ3) is 3.73. The van der Waals surface area contributed by atoms with E-state index in [1.54, 1.807) is 7.11 Å². The minimum absolute atomic E-state index is 0.255. The van der Waals surface area contributed by atoms with E-state index < -0.39 is 0 Å². The van der Waals surface area contributed by atoms with E-state index >= 15 is 0 Å². The molecule has 1 heterocycles. The number of rotatable bonds is 4. The average molecular weight is 276 g/mol. The summed E-state index contributed by atoms with van der Waals surface area (Å²) in [6.07, 6.45) is 5.15. The molecule has 1 saturated heterocycles. The zero-order chi connectivity index (χ0) is 14.4. The zero-order valence-corrected chi connectivity index (χ0v) is 12.2. The van der Waals surface area contributed by atoms with Crippen molar-refractivity contribution in [2.45, 2.75) is 45.2 Å². The molecule has 0 atom stereocenters. The molecule has 0 spiro atoms. The molecular formula is C16H24N2O2. The molecule has 1 aliphatic heterocycles. The fourth-order valence-electron chi connectivity index (χ4n) is 2.67. The Hall–Kier alpha value is -1.55. The molecule has 1 aromatic carbocycles. The topological polar surface area (TPSA) is 55.6 Å². The third-order valence-electron chi connectivity index (χ3n) is 3.86. The molecule has 110 valence electrons. The molecule has 4 heteroatoms. The van der Waals surface area contributed by atoms with Gasteiger partial charge in [0.15, 0.2) is 0 Å². The summed E-state index contributed by atoms with van der Waals surface area (Å²) < 4.78 is 5.40. The van der Waals surface area contributed by atoms with Crippen molar-refractivity contribution in [2.75, 3.05) is 13.7 Å². The molecule has 0 radical (unpaired) electrons. The molecule has 20 heavy (non-hydrogen) atoms. The maximum Gasteiger partial charge on any atom is 0.222 e. The highest BCUT2D eigenvalue weighted by molar-refractivity contribution is 5.76. The van der Waals surface area contributed by atoms with Crippen molar-refractivity contribution in [2.24, 2.45) is 5.73 Å². The van der Waals surface area contributed by atoms with Crippen LogP contribution in [-0.2, 0) is 17.9 Å². The van der Waals surface area contributed by atoms with Gasteiger partial charge in [0, 0.05) is 31.6 Å². The Morgan fingerprint density at radius 2 is 2.05 bits per heavy atom. The summed E-state index contributed by atoms with van der Waals surface area (Å²) in [7, 11) is 1.66. The van der Waals surface area contributed by atoms with Crippen LogP contribution in [0.15, 0.2) is 18.2 Å². The summed E-state index contributed by atoms with van der Waals surface area (Å²) in [4.78, 5) is 14.1. The van der Waals surface area contributed by atoms with Gasteiger partial charge in [0.25, 0.3) is 0 Å². The third-order valence-corrected chi connectivity index (χ3v) is 3.86. The number of ether oxygens (including phenoxy) is 1. The second-order valence-electron chi connectivity index (χ2n) is 5.33. The van der Waals surface area contributed by atoms with Gasteiger partial charge in [0.1, 0.15) is 5.75 Å². The molecule has 2 rings (SSSR count). The summed E-state index contributed by atoms with van der Waals surface area (Å²) in [6, 6.07) is 5.95. The van der Waals surface area contributed by atoms with Gasteiger partial charge < -0.3 is 15.4 Å². The van der Waals surface area contributed by atoms with Crippen LogP contribution in [0.5, 0.6) is 5.75 Å². The molecule has 1 amide bonds. The number of carbonyl (C=O) groups is 1. The molecule has 2 N–H and O–H groups in total. The molecule has 1 aromatic rings. The van der Waals surface area contributed by atoms with Crippen LogP contribution >= 0.6 is 0 Å². The van der Waals surface area contributed by atoms with Crippen LogP contribution in [0.1, 0.15) is 43.2 Å². The quantitative estimate of drug-likeness (QED) is 0.919. The number of benzene rings is 1. The van der Waals surface area contributed by atoms with E-state index in [4.69, 9.17) is 10.5 Å². The second kappa shape index (κ2) is 7.29. The van der Waals surface area contributed by atoms with Crippen molar-refractivity contribution in [1.29, 1.82) is 0 Å². The molecule has 0 unspecified atom stereocenters. The fraction of sp³-hybridized carbons (Fsp3) is 0.562. The Bertz CT molecular complexity index is 460. The van der Waals surface area contributed by atoms with Gasteiger partial charge in [-0.15, -0.1) is 0 Å². The van der Waals surface area contributed by atoms with Crippen molar-refractivity contribution < 1.29 is 9.53 Å². The van der Waals surface area contributed by atoms with Gasteiger partial charge in [-0.3, -0.25) is 4.79 Å². The van der Waals surface area contributed by atoms with Crippen LogP contribution in [0, 0.1) is 0 Å². The first kappa shape index (κ1) is 14.9. The highest BCUT2D eigenvalue weighted by Gasteiger charge is 2.17. The number of nitrogens with two attached hydrogens (primary N) is 1. The van der Waals surface area contributed by atoms with Crippen LogP contribution in [0.2, 0.25) is 0 Å². The lowest BCUT2D eigenvalue weighted by molar-refractivity contribution is -0.132. The SMILES string of the molecule is COc1ccc(CN)cc1CN1CCCCCCC1=O. The van der Waals surface area contributed by atoms with Gasteiger partial charge in [-0.05, 0) is 30.5 Å². The van der Waals surface area contributed by atoms with E-state index in [0.29, 0.717) is 19.5 Å². The first-order valence-electron chi connectivity index (χ1n) is 7.38. The van der Waals surface area contributed by atoms with Gasteiger partial charge in [-0.1, -0.05) is 18.9 Å². The average Bonchev–Trinajstić information content (AvgIpc) is 2.46. The highest BCUT2D eigenvalue weighted by Crippen LogP contribution is 2.23. The Balaban J connectivity index is 2.15. The van der Waals surface area contributed by atoms with Gasteiger partial charge in [-0.25, -0.2) is 0 Å². The van der Waals surface area contributed by atoms with Gasteiger partial charge in [-0.2, -0.15) is 0 Å². The largest absolute Gasteiger partial charge is 0.496 e. The standard InChI is InChI=1S/C16H24N2O2/c1-20-15-8-7-13(11-17)10-14(15)12-18-9-5-3-2-4-6-16(18)19/h7-8,10H,2-6,9,11-12,17H2,1H3. The minimum Gasteiger partial charge on any atom is -0.496 e. The number of carbonyl (C=O) groups excluding carboxylic acids is 1. The van der Waals surface area contributed by atoms with Crippen molar-refractivity contribution >= 4 is 5.91 Å². The lowest BCUT2D eigenvalue weighted by Crippen LogP contribution is -2.32. The summed E-state index contributed by atoms with van der Waals surface area (Å²) in [5, 5.41) is 0. The van der Waals surface area contributed by atoms with Crippen molar-refractivity contribution in [3.63, 3.8) is 0 Å². The molecule has 0 aromatic heterocycles. The number of methoxy groups -OCH3 is 1. The maximum atomic E-state index is 12.2. The zero-order valence-electron chi connectivity index (χ0n) is 12.2. The van der Waals surface area contributed by atoms with Crippen LogP contribution in [0.25, 0.3) is 0 Å². The lowest BCUT2D eigenvalue weighted by Gasteiger charge is -2.26. The monoisotopic (exact) mass is 276 g/mol. The molecule has 1 aliphatic rings. The summed E-state index contributed by atoms with van der Waals surface area (Å²) in [6.45, 7) is 1.97. The van der Waals surface area contributed by atoms with E-state index in [0.717, 1.165) is 36.3 Å². The number of hydrogen-bond donors (Lipinski definition) is 1. The van der Waals surface area contributed by atoms with E-state index in [2.05, 4.69) is 0 Å². The highest BCUT2D eigenvalue weighted by atomic mass is 16.5. The first-order valence-corrected chi connectivity index (χ1v) is 7.38. The van der Waals surface area contributed by atoms with E-state index in [1.165, 1.54) is 12.8 Å². The lowest BCUT2D eigenvalue weighted by atomic mass is 10.1. The fourth-order valence-corrected chi connectivity index (χ4v) is 2.67. The van der Waals surface area contributed by atoms with Crippen LogP contribution < -0.4 is 10.5 Å². The Morgan fingerprint density at radius 3 is 2.80 bits per heavy atom. The predicted molar refractivity (Wildman–Crippen MR) is 79.4 cm³/mol. The Morgan fingerprint density at radius 1 is 1.25 bits per heavy atom. The van der Waals surface area contributed by atoms with E-state index in [-0.39, 0.29) is 5.91 Å². The Labute approximate surface area is 120 Å².